The van der Waals surface area contributed by atoms with Crippen LogP contribution in [0.25, 0.3) is 0 Å². The first-order valence-electron chi connectivity index (χ1n) is 0. The maximum absolute atomic E-state index is 0. The van der Waals surface area contributed by atoms with Gasteiger partial charge < -0.3 is 58.8 Å². The summed E-state index contributed by atoms with van der Waals surface area (Å²) >= 11 is 0. The van der Waals surface area contributed by atoms with E-state index in [1.807, 2.05) is 0 Å². The maximum Gasteiger partial charge on any atom is 4.00 e. The molecule has 10 nitrogen and oxygen atoms in total. The molecule has 0 unspecified atom stereocenters. The molecule has 0 aromatic carbocycles. The molecular weight excluding hydrogens is 820 g/mol. The molecule has 17 heavy (non-hydrogen) atoms. The largest absolute Gasteiger partial charge is 4.00 e. The number of hydrogen-bond acceptors (Lipinski definition) is 6. The van der Waals surface area contributed by atoms with Gasteiger partial charge in [-0.2, -0.15) is 0 Å². The predicted octanol–water partition coefficient (Wildman–Crippen LogP) is -2.34. The number of hydrogen-bond donors (Lipinski definition) is 6. The molecule has 17 heteroatoms. The Bertz CT molecular complexity index is 26.3. The van der Waals surface area contributed by atoms with E-state index in [1.165, 1.54) is 0 Å². The summed E-state index contributed by atoms with van der Waals surface area (Å²) in [7, 11) is 0. The Morgan fingerprint density at radius 1 is 0.176 bits per heavy atom. The molecular formula is H26Mo7N6O4+28. The van der Waals surface area contributed by atoms with Gasteiger partial charge >= 0.3 is 147 Å². The topological polar surface area (TPSA) is 336 Å². The SMILES string of the molecule is N.N.N.N.N.N.O.O.O.O.[Mo+4].[Mo+4].[Mo+4].[Mo+4].[Mo+4].[Mo+4].[Mo+4]. The summed E-state index contributed by atoms with van der Waals surface area (Å²) in [4.78, 5) is 0. The first kappa shape index (κ1) is 457. The summed E-state index contributed by atoms with van der Waals surface area (Å²) in [5.74, 6) is 0. The fraction of sp³-hybridized carbons (Fsp3) is 0. The molecule has 0 saturated heterocycles. The molecule has 0 aliphatic rings. The van der Waals surface area contributed by atoms with Crippen LogP contribution in [-0.2, 0) is 147 Å². The summed E-state index contributed by atoms with van der Waals surface area (Å²) in [6.07, 6.45) is 0. The zero-order valence-corrected chi connectivity index (χ0v) is 23.1. The average molecular weight is 846 g/mol. The van der Waals surface area contributed by atoms with Gasteiger partial charge in [0.1, 0.15) is 0 Å². The fourth-order valence-corrected chi connectivity index (χ4v) is 0. The molecule has 0 aromatic heterocycles. The van der Waals surface area contributed by atoms with Crippen molar-refractivity contribution < 1.29 is 169 Å². The fourth-order valence-electron chi connectivity index (χ4n) is 0. The Labute approximate surface area is 203 Å². The van der Waals surface area contributed by atoms with E-state index in [4.69, 9.17) is 0 Å². The van der Waals surface area contributed by atoms with E-state index in [1.54, 1.807) is 0 Å². The van der Waals surface area contributed by atoms with Gasteiger partial charge in [-0.05, 0) is 0 Å². The first-order valence-corrected chi connectivity index (χ1v) is 0. The maximum atomic E-state index is 0. The van der Waals surface area contributed by atoms with Crippen LogP contribution in [0, 0.1) is 0 Å². The van der Waals surface area contributed by atoms with Crippen molar-refractivity contribution >= 4 is 0 Å². The molecule has 0 aromatic rings. The summed E-state index contributed by atoms with van der Waals surface area (Å²) < 4.78 is 0. The van der Waals surface area contributed by atoms with Gasteiger partial charge in [0.2, 0.25) is 0 Å². The molecule has 94 valence electrons. The molecule has 0 spiro atoms. The zero-order chi connectivity index (χ0) is 0. The smallest absolute Gasteiger partial charge is 0.412 e. The predicted molar refractivity (Wildman–Crippen MR) is 44.6 cm³/mol. The molecule has 0 amide bonds. The van der Waals surface area contributed by atoms with Gasteiger partial charge in [-0.1, -0.05) is 0 Å². The third kappa shape index (κ3) is 355. The third-order valence-electron chi connectivity index (χ3n) is 0. The van der Waals surface area contributed by atoms with Crippen molar-refractivity contribution in [3.63, 3.8) is 0 Å². The monoisotopic (exact) mass is 860 g/mol. The van der Waals surface area contributed by atoms with Gasteiger partial charge in [0.15, 0.2) is 0 Å². The standard InChI is InChI=1S/7Mo.6H3N.4H2O/h;;;;;;;6*1H3;4*1H2/q7*+4;;;;;;;;;;. The van der Waals surface area contributed by atoms with Crippen molar-refractivity contribution in [3.05, 3.63) is 0 Å². The van der Waals surface area contributed by atoms with Crippen molar-refractivity contribution in [2.75, 3.05) is 0 Å². The van der Waals surface area contributed by atoms with E-state index < -0.39 is 0 Å². The van der Waals surface area contributed by atoms with Crippen LogP contribution in [0.2, 0.25) is 0 Å². The molecule has 0 aliphatic carbocycles. The second-order valence-corrected chi connectivity index (χ2v) is 0. The Kier molecular flexibility index (Phi) is 10600. The van der Waals surface area contributed by atoms with Crippen LogP contribution >= 0.6 is 0 Å². The van der Waals surface area contributed by atoms with Gasteiger partial charge in [-0.3, -0.25) is 0 Å². The summed E-state index contributed by atoms with van der Waals surface area (Å²) in [6, 6.07) is 0. The quantitative estimate of drug-likeness (QED) is 0.145. The van der Waals surface area contributed by atoms with E-state index in [2.05, 4.69) is 0 Å². The second kappa shape index (κ2) is 394. The second-order valence-electron chi connectivity index (χ2n) is 0. The molecule has 0 bridgehead atoms. The van der Waals surface area contributed by atoms with Crippen LogP contribution in [0.15, 0.2) is 0 Å². The molecule has 0 aliphatic heterocycles. The van der Waals surface area contributed by atoms with Gasteiger partial charge in [0.05, 0.1) is 0 Å². The van der Waals surface area contributed by atoms with Crippen LogP contribution in [0.1, 0.15) is 0 Å². The Morgan fingerprint density at radius 3 is 0.176 bits per heavy atom. The van der Waals surface area contributed by atoms with Crippen LogP contribution < -0.4 is 36.9 Å². The van der Waals surface area contributed by atoms with Gasteiger partial charge in [0, 0.05) is 0 Å². The molecule has 0 radical (unpaired) electrons. The van der Waals surface area contributed by atoms with E-state index >= 15 is 0 Å². The molecule has 0 saturated carbocycles. The van der Waals surface area contributed by atoms with Gasteiger partial charge in [0.25, 0.3) is 0 Å². The Balaban J connectivity index is 0. The van der Waals surface area contributed by atoms with E-state index in [-0.39, 0.29) is 206 Å². The first-order chi connectivity index (χ1) is 0. The van der Waals surface area contributed by atoms with Crippen molar-refractivity contribution in [1.29, 1.82) is 0 Å². The molecule has 0 atom stereocenters. The summed E-state index contributed by atoms with van der Waals surface area (Å²) in [5, 5.41) is 0. The van der Waals surface area contributed by atoms with Crippen molar-refractivity contribution in [3.8, 4) is 0 Å². The van der Waals surface area contributed by atoms with E-state index in [0.29, 0.717) is 0 Å². The summed E-state index contributed by atoms with van der Waals surface area (Å²) in [6.45, 7) is 0. The molecule has 26 N–H and O–H groups in total. The normalized spacial score (nSPS) is 0. The third-order valence-corrected chi connectivity index (χ3v) is 0. The molecule has 0 heterocycles. The minimum absolute atomic E-state index is 0. The van der Waals surface area contributed by atoms with Crippen molar-refractivity contribution in [1.82, 2.24) is 36.9 Å². The molecule has 0 fully saturated rings. The minimum Gasteiger partial charge on any atom is -0.412 e. The Morgan fingerprint density at radius 2 is 0.176 bits per heavy atom. The summed E-state index contributed by atoms with van der Waals surface area (Å²) in [5.41, 5.74) is 0. The van der Waals surface area contributed by atoms with Crippen molar-refractivity contribution in [2.24, 2.45) is 0 Å². The Hall–Kier alpha value is 4.42. The van der Waals surface area contributed by atoms with E-state index in [0.717, 1.165) is 0 Å². The van der Waals surface area contributed by atoms with Crippen LogP contribution in [0.3, 0.4) is 0 Å². The van der Waals surface area contributed by atoms with Crippen LogP contribution in [0.4, 0.5) is 0 Å². The van der Waals surface area contributed by atoms with E-state index in [9.17, 15) is 0 Å². The van der Waals surface area contributed by atoms with Gasteiger partial charge in [-0.15, -0.1) is 0 Å². The van der Waals surface area contributed by atoms with Crippen LogP contribution in [-0.4, -0.2) is 21.9 Å². The molecule has 0 rings (SSSR count). The minimum atomic E-state index is 0. The average Bonchev–Trinajstić information content (AvgIpc) is 0. The number of rotatable bonds is 0. The van der Waals surface area contributed by atoms with Gasteiger partial charge in [-0.25, -0.2) is 0 Å². The van der Waals surface area contributed by atoms with Crippen LogP contribution in [0.5, 0.6) is 0 Å². The zero-order valence-electron chi connectivity index (χ0n) is 9.10. The van der Waals surface area contributed by atoms with Crippen molar-refractivity contribution in [2.45, 2.75) is 0 Å².